The number of hydrogen-bond donors (Lipinski definition) is 1. The monoisotopic (exact) mass is 416 g/mol. The van der Waals surface area contributed by atoms with E-state index in [4.69, 9.17) is 9.47 Å². The smallest absolute Gasteiger partial charge is 0.416 e. The van der Waals surface area contributed by atoms with Crippen molar-refractivity contribution >= 4 is 0 Å². The van der Waals surface area contributed by atoms with Gasteiger partial charge in [-0.3, -0.25) is 0 Å². The van der Waals surface area contributed by atoms with E-state index in [2.05, 4.69) is 5.32 Å². The molecule has 158 valence electrons. The zero-order valence-corrected chi connectivity index (χ0v) is 16.8. The van der Waals surface area contributed by atoms with E-state index in [1.54, 1.807) is 6.07 Å². The van der Waals surface area contributed by atoms with E-state index in [1.807, 2.05) is 48.9 Å². The van der Waals surface area contributed by atoms with E-state index >= 15 is 0 Å². The fourth-order valence-electron chi connectivity index (χ4n) is 3.84. The molecule has 1 aliphatic heterocycles. The molecular weight excluding hydrogens is 393 g/mol. The summed E-state index contributed by atoms with van der Waals surface area (Å²) in [6.45, 7) is 5.31. The molecule has 30 heavy (non-hydrogen) atoms. The normalized spacial score (nSPS) is 15.8. The lowest BCUT2D eigenvalue weighted by Crippen LogP contribution is -2.21. The Morgan fingerprint density at radius 1 is 1.00 bits per heavy atom. The fraction of sp³-hybridized carbons (Fsp3) is 0.304. The molecule has 0 aliphatic carbocycles. The molecule has 0 saturated carbocycles. The maximum Gasteiger partial charge on any atom is 0.416 e. The highest BCUT2D eigenvalue weighted by molar-refractivity contribution is 5.56. The maximum absolute atomic E-state index is 13.2. The van der Waals surface area contributed by atoms with Crippen LogP contribution in [0.3, 0.4) is 0 Å². The van der Waals surface area contributed by atoms with E-state index in [0.29, 0.717) is 36.8 Å². The van der Waals surface area contributed by atoms with Gasteiger partial charge in [-0.25, -0.2) is 0 Å². The number of hydrogen-bond acceptors (Lipinski definition) is 3. The lowest BCUT2D eigenvalue weighted by molar-refractivity contribution is -0.137. The Hall–Kier alpha value is -2.93. The van der Waals surface area contributed by atoms with Crippen molar-refractivity contribution in [2.75, 3.05) is 13.2 Å². The summed E-state index contributed by atoms with van der Waals surface area (Å²) in [4.78, 5) is 0. The maximum atomic E-state index is 13.2. The highest BCUT2D eigenvalue weighted by Gasteiger charge is 2.32. The van der Waals surface area contributed by atoms with E-state index in [0.717, 1.165) is 23.0 Å². The molecule has 0 unspecified atom stereocenters. The van der Waals surface area contributed by atoms with Gasteiger partial charge in [-0.1, -0.05) is 12.1 Å². The summed E-state index contributed by atoms with van der Waals surface area (Å²) in [6, 6.07) is 12.8. The molecule has 1 aliphatic rings. The summed E-state index contributed by atoms with van der Waals surface area (Å²) < 4.78 is 53.3. The van der Waals surface area contributed by atoms with E-state index in [-0.39, 0.29) is 6.04 Å². The third kappa shape index (κ3) is 3.77. The summed E-state index contributed by atoms with van der Waals surface area (Å²) in [5.74, 6) is 1.31. The van der Waals surface area contributed by atoms with Gasteiger partial charge in [-0.15, -0.1) is 0 Å². The van der Waals surface area contributed by atoms with Crippen molar-refractivity contribution in [2.45, 2.75) is 32.6 Å². The average molecular weight is 416 g/mol. The van der Waals surface area contributed by atoms with Crippen molar-refractivity contribution in [3.05, 3.63) is 77.1 Å². The molecule has 0 spiro atoms. The van der Waals surface area contributed by atoms with Gasteiger partial charge in [0.2, 0.25) is 0 Å². The molecule has 1 aromatic heterocycles. The minimum atomic E-state index is -4.38. The summed E-state index contributed by atoms with van der Waals surface area (Å²) >= 11 is 0. The van der Waals surface area contributed by atoms with Crippen LogP contribution in [0, 0.1) is 0 Å². The van der Waals surface area contributed by atoms with Gasteiger partial charge in [0.15, 0.2) is 11.5 Å². The molecule has 3 aromatic rings. The Bertz CT molecular complexity index is 1040. The average Bonchev–Trinajstić information content (AvgIpc) is 3.13. The van der Waals surface area contributed by atoms with Gasteiger partial charge in [-0.2, -0.15) is 13.2 Å². The van der Waals surface area contributed by atoms with Crippen LogP contribution in [0.4, 0.5) is 13.2 Å². The van der Waals surface area contributed by atoms with Crippen LogP contribution in [0.15, 0.2) is 54.7 Å². The standard InChI is InChI=1S/C23H23F3N2O2/c1-3-29-20-12-16-14-27-22(15-7-5-8-17(11-15)23(24,25)26)18-9-6-10-28(18)19(16)13-21(20)30-4-2/h5-13,22,27H,3-4,14H2,1-2H3/t22-/m0/s1. The molecule has 0 radical (unpaired) electrons. The highest BCUT2D eigenvalue weighted by atomic mass is 19.4. The third-order valence-electron chi connectivity index (χ3n) is 5.12. The van der Waals surface area contributed by atoms with Crippen LogP contribution < -0.4 is 14.8 Å². The second-order valence-electron chi connectivity index (χ2n) is 7.03. The number of rotatable bonds is 5. The van der Waals surface area contributed by atoms with Crippen molar-refractivity contribution < 1.29 is 22.6 Å². The highest BCUT2D eigenvalue weighted by Crippen LogP contribution is 2.38. The number of benzene rings is 2. The summed E-state index contributed by atoms with van der Waals surface area (Å²) in [6.07, 6.45) is -2.47. The molecule has 0 bridgehead atoms. The Morgan fingerprint density at radius 3 is 2.43 bits per heavy atom. The van der Waals surface area contributed by atoms with Crippen LogP contribution in [-0.2, 0) is 12.7 Å². The minimum absolute atomic E-state index is 0.388. The van der Waals surface area contributed by atoms with Crippen LogP contribution in [-0.4, -0.2) is 17.8 Å². The van der Waals surface area contributed by atoms with Crippen LogP contribution in [0.1, 0.15) is 42.3 Å². The Morgan fingerprint density at radius 2 is 1.73 bits per heavy atom. The van der Waals surface area contributed by atoms with Crippen LogP contribution in [0.25, 0.3) is 5.69 Å². The van der Waals surface area contributed by atoms with Crippen molar-refractivity contribution in [3.63, 3.8) is 0 Å². The molecule has 0 amide bonds. The quantitative estimate of drug-likeness (QED) is 0.598. The summed E-state index contributed by atoms with van der Waals surface area (Å²) in [5.41, 5.74) is 2.67. The van der Waals surface area contributed by atoms with Gasteiger partial charge >= 0.3 is 6.18 Å². The minimum Gasteiger partial charge on any atom is -0.490 e. The SMILES string of the molecule is CCOc1cc2c(cc1OCC)-n1cccc1[C@H](c1cccc(C(F)(F)F)c1)NC2. The van der Waals surface area contributed by atoms with Gasteiger partial charge in [0.25, 0.3) is 0 Å². The first kappa shape index (κ1) is 20.3. The number of alkyl halides is 3. The zero-order chi connectivity index (χ0) is 21.3. The van der Waals surface area contributed by atoms with Crippen molar-refractivity contribution in [2.24, 2.45) is 0 Å². The number of ether oxygens (including phenoxy) is 2. The first-order chi connectivity index (χ1) is 14.4. The Labute approximate surface area is 173 Å². The Kier molecular flexibility index (Phi) is 5.47. The first-order valence-corrected chi connectivity index (χ1v) is 9.93. The number of fused-ring (bicyclic) bond motifs is 3. The molecule has 2 aromatic carbocycles. The van der Waals surface area contributed by atoms with Gasteiger partial charge in [0, 0.05) is 24.5 Å². The largest absolute Gasteiger partial charge is 0.490 e. The molecule has 7 heteroatoms. The van der Waals surface area contributed by atoms with Gasteiger partial charge in [0.05, 0.1) is 30.5 Å². The van der Waals surface area contributed by atoms with E-state index in [9.17, 15) is 13.2 Å². The lowest BCUT2D eigenvalue weighted by atomic mass is 10.0. The Balaban J connectivity index is 1.80. The van der Waals surface area contributed by atoms with Crippen LogP contribution >= 0.6 is 0 Å². The number of aromatic nitrogens is 1. The predicted octanol–water partition coefficient (Wildman–Crippen LogP) is 5.49. The van der Waals surface area contributed by atoms with Crippen molar-refractivity contribution in [3.8, 4) is 17.2 Å². The van der Waals surface area contributed by atoms with Crippen LogP contribution in [0.2, 0.25) is 0 Å². The third-order valence-corrected chi connectivity index (χ3v) is 5.12. The second kappa shape index (κ2) is 8.07. The first-order valence-electron chi connectivity index (χ1n) is 9.93. The van der Waals surface area contributed by atoms with Gasteiger partial charge in [0.1, 0.15) is 0 Å². The molecule has 1 atom stereocenters. The van der Waals surface area contributed by atoms with Gasteiger partial charge < -0.3 is 19.4 Å². The molecule has 0 fully saturated rings. The van der Waals surface area contributed by atoms with E-state index < -0.39 is 11.7 Å². The zero-order valence-electron chi connectivity index (χ0n) is 16.8. The van der Waals surface area contributed by atoms with Crippen LogP contribution in [0.5, 0.6) is 11.5 Å². The second-order valence-corrected chi connectivity index (χ2v) is 7.03. The molecule has 4 nitrogen and oxygen atoms in total. The molecular formula is C23H23F3N2O2. The topological polar surface area (TPSA) is 35.4 Å². The molecule has 4 rings (SSSR count). The van der Waals surface area contributed by atoms with Crippen molar-refractivity contribution in [1.29, 1.82) is 0 Å². The van der Waals surface area contributed by atoms with Crippen molar-refractivity contribution in [1.82, 2.24) is 9.88 Å². The fourth-order valence-corrected chi connectivity index (χ4v) is 3.84. The summed E-state index contributed by atoms with van der Waals surface area (Å²) in [7, 11) is 0. The predicted molar refractivity (Wildman–Crippen MR) is 108 cm³/mol. The number of nitrogens with one attached hydrogen (secondary N) is 1. The summed E-state index contributed by atoms with van der Waals surface area (Å²) in [5, 5.41) is 3.41. The number of nitrogens with zero attached hydrogens (tertiary/aromatic N) is 1. The lowest BCUT2D eigenvalue weighted by Gasteiger charge is -2.19. The number of halogens is 3. The molecule has 1 N–H and O–H groups in total. The van der Waals surface area contributed by atoms with E-state index in [1.165, 1.54) is 12.1 Å². The van der Waals surface area contributed by atoms with Gasteiger partial charge in [-0.05, 0) is 55.3 Å². The molecule has 0 saturated heterocycles. The molecule has 2 heterocycles.